The van der Waals surface area contributed by atoms with E-state index in [0.29, 0.717) is 6.42 Å². The Morgan fingerprint density at radius 1 is 1.17 bits per heavy atom. The van der Waals surface area contributed by atoms with Gasteiger partial charge in [-0.15, -0.1) is 0 Å². The second kappa shape index (κ2) is 8.34. The molecule has 0 bridgehead atoms. The zero-order chi connectivity index (χ0) is 21.1. The highest BCUT2D eigenvalue weighted by atomic mass is 32.2. The molecule has 1 aromatic carbocycles. The van der Waals surface area contributed by atoms with Crippen molar-refractivity contribution in [3.8, 4) is 5.75 Å². The minimum Gasteiger partial charge on any atom is -0.490 e. The molecule has 0 spiro atoms. The summed E-state index contributed by atoms with van der Waals surface area (Å²) in [6, 6.07) is 3.04. The molecule has 0 aliphatic heterocycles. The van der Waals surface area contributed by atoms with E-state index in [0.717, 1.165) is 43.3 Å². The molecule has 2 N–H and O–H groups in total. The summed E-state index contributed by atoms with van der Waals surface area (Å²) in [4.78, 5) is 6.26. The standard InChI is InChI=1S/C19H19F2N5O3S/c20-15-7-13(29-17-4-2-1-3-14(17)12-9-24-25-10-12)8-16(21)19(15)30(27,28)26-18-5-6-22-11-23-18/h5-11,14,17H,1-4H2,(H,24,25)(H,22,23,26)/t14-,17+/m0/s1. The largest absolute Gasteiger partial charge is 0.490 e. The van der Waals surface area contributed by atoms with E-state index in [4.69, 9.17) is 4.74 Å². The minimum absolute atomic E-state index is 0.0338. The minimum atomic E-state index is -4.53. The van der Waals surface area contributed by atoms with Crippen LogP contribution >= 0.6 is 0 Å². The fraction of sp³-hybridized carbons (Fsp3) is 0.316. The van der Waals surface area contributed by atoms with Gasteiger partial charge in [0.25, 0.3) is 10.0 Å². The molecule has 11 heteroatoms. The number of ether oxygens (including phenoxy) is 1. The van der Waals surface area contributed by atoms with E-state index >= 15 is 0 Å². The number of anilines is 1. The van der Waals surface area contributed by atoms with Crippen LogP contribution in [-0.2, 0) is 10.0 Å². The molecule has 1 fully saturated rings. The van der Waals surface area contributed by atoms with Gasteiger partial charge in [-0.1, -0.05) is 6.42 Å². The van der Waals surface area contributed by atoms with Gasteiger partial charge in [0.05, 0.1) is 6.20 Å². The van der Waals surface area contributed by atoms with E-state index in [-0.39, 0.29) is 23.6 Å². The normalized spacial score (nSPS) is 19.4. The lowest BCUT2D eigenvalue weighted by molar-refractivity contribution is 0.129. The Labute approximate surface area is 171 Å². The second-order valence-corrected chi connectivity index (χ2v) is 8.61. The molecule has 4 rings (SSSR count). The Morgan fingerprint density at radius 3 is 2.60 bits per heavy atom. The molecule has 0 unspecified atom stereocenters. The Morgan fingerprint density at radius 2 is 1.93 bits per heavy atom. The first kappa shape index (κ1) is 20.2. The third-order valence-electron chi connectivity index (χ3n) is 5.00. The lowest BCUT2D eigenvalue weighted by atomic mass is 9.83. The van der Waals surface area contributed by atoms with Crippen LogP contribution in [-0.4, -0.2) is 34.7 Å². The first-order valence-electron chi connectivity index (χ1n) is 9.37. The SMILES string of the molecule is O=S(=O)(Nc1ccncn1)c1c(F)cc(O[C@@H]2CCCC[C@H]2c2cn[nH]c2)cc1F. The fourth-order valence-electron chi connectivity index (χ4n) is 3.66. The summed E-state index contributed by atoms with van der Waals surface area (Å²) < 4.78 is 62.1. The Bertz CT molecular complexity index is 1090. The number of hydrogen-bond donors (Lipinski definition) is 2. The molecule has 0 amide bonds. The third kappa shape index (κ3) is 4.25. The number of nitrogens with one attached hydrogen (secondary N) is 2. The number of aromatic nitrogens is 4. The van der Waals surface area contributed by atoms with E-state index < -0.39 is 26.6 Å². The van der Waals surface area contributed by atoms with Gasteiger partial charge in [-0.3, -0.25) is 9.82 Å². The predicted molar refractivity (Wildman–Crippen MR) is 103 cm³/mol. The molecule has 8 nitrogen and oxygen atoms in total. The lowest BCUT2D eigenvalue weighted by Crippen LogP contribution is -2.28. The van der Waals surface area contributed by atoms with E-state index in [1.165, 1.54) is 12.3 Å². The smallest absolute Gasteiger partial charge is 0.268 e. The second-order valence-electron chi connectivity index (χ2n) is 7.00. The molecule has 1 aliphatic rings. The molecule has 0 saturated heterocycles. The van der Waals surface area contributed by atoms with Gasteiger partial charge in [0, 0.05) is 30.4 Å². The van der Waals surface area contributed by atoms with Crippen molar-refractivity contribution in [2.45, 2.75) is 42.6 Å². The van der Waals surface area contributed by atoms with Crippen molar-refractivity contribution < 1.29 is 21.9 Å². The van der Waals surface area contributed by atoms with Gasteiger partial charge in [-0.05, 0) is 30.9 Å². The molecule has 1 saturated carbocycles. The summed E-state index contributed by atoms with van der Waals surface area (Å²) in [6.45, 7) is 0. The van der Waals surface area contributed by atoms with Gasteiger partial charge >= 0.3 is 0 Å². The first-order chi connectivity index (χ1) is 14.4. The fourth-order valence-corrected chi connectivity index (χ4v) is 4.79. The molecule has 2 atom stereocenters. The van der Waals surface area contributed by atoms with Crippen LogP contribution in [0.25, 0.3) is 0 Å². The maximum atomic E-state index is 14.6. The summed E-state index contributed by atoms with van der Waals surface area (Å²) in [5.41, 5.74) is 0.967. The zero-order valence-electron chi connectivity index (χ0n) is 15.8. The monoisotopic (exact) mass is 435 g/mol. The van der Waals surface area contributed by atoms with E-state index in [9.17, 15) is 17.2 Å². The third-order valence-corrected chi connectivity index (χ3v) is 6.40. The lowest BCUT2D eigenvalue weighted by Gasteiger charge is -2.31. The molecule has 2 aromatic heterocycles. The number of H-pyrrole nitrogens is 1. The van der Waals surface area contributed by atoms with Crippen molar-refractivity contribution in [3.63, 3.8) is 0 Å². The van der Waals surface area contributed by atoms with Crippen molar-refractivity contribution in [1.82, 2.24) is 20.2 Å². The van der Waals surface area contributed by atoms with Gasteiger partial charge in [0.1, 0.15) is 35.6 Å². The van der Waals surface area contributed by atoms with Crippen LogP contribution in [0.1, 0.15) is 37.2 Å². The molecule has 30 heavy (non-hydrogen) atoms. The highest BCUT2D eigenvalue weighted by Gasteiger charge is 2.31. The van der Waals surface area contributed by atoms with Gasteiger partial charge in [0.15, 0.2) is 4.90 Å². The zero-order valence-corrected chi connectivity index (χ0v) is 16.6. The van der Waals surface area contributed by atoms with Crippen molar-refractivity contribution in [2.24, 2.45) is 0 Å². The maximum Gasteiger partial charge on any atom is 0.268 e. The first-order valence-corrected chi connectivity index (χ1v) is 10.9. The van der Waals surface area contributed by atoms with Crippen molar-refractivity contribution in [2.75, 3.05) is 4.72 Å². The molecule has 2 heterocycles. The summed E-state index contributed by atoms with van der Waals surface area (Å²) in [6.07, 6.45) is 9.14. The number of hydrogen-bond acceptors (Lipinski definition) is 6. The molecular formula is C19H19F2N5O3S. The maximum absolute atomic E-state index is 14.6. The van der Waals surface area contributed by atoms with Crippen LogP contribution in [0.4, 0.5) is 14.6 Å². The number of sulfonamides is 1. The number of nitrogens with zero attached hydrogens (tertiary/aromatic N) is 3. The topological polar surface area (TPSA) is 110 Å². The number of benzene rings is 1. The van der Waals surface area contributed by atoms with Gasteiger partial charge in [-0.25, -0.2) is 27.2 Å². The number of aromatic amines is 1. The van der Waals surface area contributed by atoms with Gasteiger partial charge in [0.2, 0.25) is 0 Å². The Balaban J connectivity index is 1.58. The van der Waals surface area contributed by atoms with Crippen LogP contribution in [0, 0.1) is 11.6 Å². The predicted octanol–water partition coefficient (Wildman–Crippen LogP) is 3.38. The van der Waals surface area contributed by atoms with E-state index in [1.807, 2.05) is 4.72 Å². The summed E-state index contributed by atoms with van der Waals surface area (Å²) in [5, 5.41) is 6.72. The molecule has 158 valence electrons. The van der Waals surface area contributed by atoms with Crippen LogP contribution < -0.4 is 9.46 Å². The number of rotatable bonds is 6. The average molecular weight is 435 g/mol. The highest BCUT2D eigenvalue weighted by Crippen LogP contribution is 2.36. The van der Waals surface area contributed by atoms with Crippen molar-refractivity contribution >= 4 is 15.8 Å². The van der Waals surface area contributed by atoms with Crippen molar-refractivity contribution in [3.05, 3.63) is 60.3 Å². The molecule has 0 radical (unpaired) electrons. The summed E-state index contributed by atoms with van der Waals surface area (Å²) in [5.74, 6) is -2.63. The summed E-state index contributed by atoms with van der Waals surface area (Å²) in [7, 11) is -4.53. The van der Waals surface area contributed by atoms with E-state index in [1.54, 1.807) is 12.4 Å². The van der Waals surface area contributed by atoms with Gasteiger partial charge < -0.3 is 4.74 Å². The molecule has 3 aromatic rings. The number of halogens is 2. The van der Waals surface area contributed by atoms with Crippen LogP contribution in [0.3, 0.4) is 0 Å². The van der Waals surface area contributed by atoms with Crippen LogP contribution in [0.15, 0.2) is 48.0 Å². The summed E-state index contributed by atoms with van der Waals surface area (Å²) >= 11 is 0. The molecular weight excluding hydrogens is 416 g/mol. The average Bonchev–Trinajstić information content (AvgIpc) is 3.22. The highest BCUT2D eigenvalue weighted by molar-refractivity contribution is 7.92. The quantitative estimate of drug-likeness (QED) is 0.614. The molecule has 1 aliphatic carbocycles. The Hall–Kier alpha value is -3.08. The Kier molecular flexibility index (Phi) is 5.62. The van der Waals surface area contributed by atoms with Crippen LogP contribution in [0.2, 0.25) is 0 Å². The van der Waals surface area contributed by atoms with E-state index in [2.05, 4.69) is 20.2 Å². The van der Waals surface area contributed by atoms with Crippen molar-refractivity contribution in [1.29, 1.82) is 0 Å². The van der Waals surface area contributed by atoms with Crippen LogP contribution in [0.5, 0.6) is 5.75 Å². The van der Waals surface area contributed by atoms with Gasteiger partial charge in [-0.2, -0.15) is 5.10 Å².